The Kier molecular flexibility index (Phi) is 6.22. The van der Waals surface area contributed by atoms with Crippen LogP contribution in [0.4, 0.5) is 0 Å². The minimum Gasteiger partial charge on any atom is -0.493 e. The fraction of sp³-hybridized carbons (Fsp3) is 0.500. The summed E-state index contributed by atoms with van der Waals surface area (Å²) in [5.74, 6) is -0.583. The summed E-state index contributed by atoms with van der Waals surface area (Å²) < 4.78 is 10.8. The van der Waals surface area contributed by atoms with Gasteiger partial charge in [0.2, 0.25) is 0 Å². The van der Waals surface area contributed by atoms with Gasteiger partial charge in [-0.2, -0.15) is 0 Å². The Balaban J connectivity index is 2.88. The molecule has 22 heavy (non-hydrogen) atoms. The molecule has 1 aromatic rings. The van der Waals surface area contributed by atoms with Crippen molar-refractivity contribution in [1.82, 2.24) is 5.32 Å². The number of aliphatic carboxylic acids is 1. The summed E-state index contributed by atoms with van der Waals surface area (Å²) in [6.45, 7) is 5.49. The van der Waals surface area contributed by atoms with E-state index in [0.29, 0.717) is 23.7 Å². The number of benzene rings is 1. The van der Waals surface area contributed by atoms with E-state index >= 15 is 0 Å². The van der Waals surface area contributed by atoms with Gasteiger partial charge in [0.25, 0.3) is 5.91 Å². The van der Waals surface area contributed by atoms with Crippen LogP contribution in [0.5, 0.6) is 11.5 Å². The van der Waals surface area contributed by atoms with Gasteiger partial charge in [0, 0.05) is 5.56 Å². The highest BCUT2D eigenvalue weighted by atomic mass is 16.5. The Morgan fingerprint density at radius 1 is 1.27 bits per heavy atom. The normalized spacial score (nSPS) is 10.9. The summed E-state index contributed by atoms with van der Waals surface area (Å²) in [5.41, 5.74) is -1.03. The van der Waals surface area contributed by atoms with E-state index in [1.54, 1.807) is 12.1 Å². The first kappa shape index (κ1) is 17.8. The zero-order chi connectivity index (χ0) is 16.8. The predicted octanol–water partition coefficient (Wildman–Crippen LogP) is 2.47. The molecule has 0 aliphatic rings. The monoisotopic (exact) mass is 309 g/mol. The molecule has 0 aliphatic heterocycles. The van der Waals surface area contributed by atoms with E-state index in [0.717, 1.165) is 12.8 Å². The third-order valence-electron chi connectivity index (χ3n) is 3.14. The predicted molar refractivity (Wildman–Crippen MR) is 82.6 cm³/mol. The zero-order valence-electron chi connectivity index (χ0n) is 13.4. The number of methoxy groups -OCH3 is 1. The molecule has 0 heterocycles. The average Bonchev–Trinajstić information content (AvgIpc) is 2.47. The molecule has 0 saturated carbocycles. The molecule has 2 N–H and O–H groups in total. The van der Waals surface area contributed by atoms with Crippen LogP contribution in [-0.2, 0) is 4.79 Å². The Labute approximate surface area is 130 Å². The van der Waals surface area contributed by atoms with Crippen molar-refractivity contribution in [3.8, 4) is 11.5 Å². The van der Waals surface area contributed by atoms with E-state index in [-0.39, 0.29) is 0 Å². The molecule has 1 aromatic carbocycles. The number of unbranched alkanes of at least 4 members (excludes halogenated alkanes) is 1. The van der Waals surface area contributed by atoms with Crippen LogP contribution in [0.25, 0.3) is 0 Å². The number of carbonyl (C=O) groups is 2. The summed E-state index contributed by atoms with van der Waals surface area (Å²) in [6, 6.07) is 4.77. The Hall–Kier alpha value is -2.24. The second-order valence-corrected chi connectivity index (χ2v) is 5.45. The van der Waals surface area contributed by atoms with E-state index in [9.17, 15) is 9.59 Å². The maximum Gasteiger partial charge on any atom is 0.328 e. The molecule has 1 rings (SSSR count). The number of ether oxygens (including phenoxy) is 2. The van der Waals surface area contributed by atoms with Gasteiger partial charge in [0.1, 0.15) is 5.54 Å². The van der Waals surface area contributed by atoms with E-state index in [4.69, 9.17) is 14.6 Å². The van der Waals surface area contributed by atoms with Gasteiger partial charge < -0.3 is 19.9 Å². The molecule has 0 fully saturated rings. The van der Waals surface area contributed by atoms with Crippen molar-refractivity contribution in [1.29, 1.82) is 0 Å². The summed E-state index contributed by atoms with van der Waals surface area (Å²) in [5, 5.41) is 11.5. The molecule has 6 heteroatoms. The molecule has 0 bridgehead atoms. The van der Waals surface area contributed by atoms with Crippen LogP contribution >= 0.6 is 0 Å². The molecule has 0 saturated heterocycles. The molecular weight excluding hydrogens is 286 g/mol. The third-order valence-corrected chi connectivity index (χ3v) is 3.14. The van der Waals surface area contributed by atoms with Crippen LogP contribution in [0.2, 0.25) is 0 Å². The maximum absolute atomic E-state index is 12.1. The highest BCUT2D eigenvalue weighted by Crippen LogP contribution is 2.28. The third kappa shape index (κ3) is 4.65. The average molecular weight is 309 g/mol. The van der Waals surface area contributed by atoms with Crippen molar-refractivity contribution in [2.45, 2.75) is 39.2 Å². The van der Waals surface area contributed by atoms with Gasteiger partial charge in [-0.1, -0.05) is 13.3 Å². The quantitative estimate of drug-likeness (QED) is 0.721. The van der Waals surface area contributed by atoms with Crippen molar-refractivity contribution in [3.05, 3.63) is 23.8 Å². The minimum absolute atomic E-state index is 0.314. The fourth-order valence-corrected chi connectivity index (χ4v) is 1.66. The first-order valence-corrected chi connectivity index (χ1v) is 7.18. The molecular formula is C16H23NO5. The molecule has 0 unspecified atom stereocenters. The Morgan fingerprint density at radius 2 is 1.95 bits per heavy atom. The van der Waals surface area contributed by atoms with Crippen LogP contribution in [0, 0.1) is 0 Å². The van der Waals surface area contributed by atoms with Crippen LogP contribution in [0.3, 0.4) is 0 Å². The Bertz CT molecular complexity index is 539. The molecule has 0 spiro atoms. The Morgan fingerprint density at radius 3 is 2.50 bits per heavy atom. The first-order chi connectivity index (χ1) is 10.3. The van der Waals surface area contributed by atoms with Crippen molar-refractivity contribution >= 4 is 11.9 Å². The van der Waals surface area contributed by atoms with Gasteiger partial charge >= 0.3 is 5.97 Å². The highest BCUT2D eigenvalue weighted by molar-refractivity contribution is 5.98. The number of hydrogen-bond acceptors (Lipinski definition) is 4. The van der Waals surface area contributed by atoms with Gasteiger partial charge in [-0.3, -0.25) is 4.79 Å². The molecule has 1 amide bonds. The second-order valence-electron chi connectivity index (χ2n) is 5.45. The van der Waals surface area contributed by atoms with Crippen molar-refractivity contribution in [3.63, 3.8) is 0 Å². The first-order valence-electron chi connectivity index (χ1n) is 7.18. The van der Waals surface area contributed by atoms with Crippen LogP contribution in [0.15, 0.2) is 18.2 Å². The topological polar surface area (TPSA) is 84.9 Å². The fourth-order valence-electron chi connectivity index (χ4n) is 1.66. The van der Waals surface area contributed by atoms with Crippen molar-refractivity contribution < 1.29 is 24.2 Å². The summed E-state index contributed by atoms with van der Waals surface area (Å²) in [7, 11) is 1.49. The maximum atomic E-state index is 12.1. The van der Waals surface area contributed by atoms with Crippen molar-refractivity contribution in [2.75, 3.05) is 13.7 Å². The number of carbonyl (C=O) groups excluding carboxylic acids is 1. The van der Waals surface area contributed by atoms with Gasteiger partial charge in [0.05, 0.1) is 13.7 Å². The number of nitrogens with one attached hydrogen (secondary N) is 1. The van der Waals surface area contributed by atoms with Gasteiger partial charge in [-0.15, -0.1) is 0 Å². The standard InChI is InChI=1S/C16H23NO5/c1-5-6-9-22-12-8-7-11(10-13(12)21-4)14(18)17-16(2,3)15(19)20/h7-8,10H,5-6,9H2,1-4H3,(H,17,18)(H,19,20). The molecule has 0 aromatic heterocycles. The number of carboxylic acids is 1. The van der Waals surface area contributed by atoms with E-state index in [2.05, 4.69) is 12.2 Å². The molecule has 0 aliphatic carbocycles. The molecule has 0 radical (unpaired) electrons. The van der Waals surface area contributed by atoms with Gasteiger partial charge in [0.15, 0.2) is 11.5 Å². The molecule has 6 nitrogen and oxygen atoms in total. The summed E-state index contributed by atoms with van der Waals surface area (Å²) in [6.07, 6.45) is 1.95. The molecule has 0 atom stereocenters. The van der Waals surface area contributed by atoms with Crippen molar-refractivity contribution in [2.24, 2.45) is 0 Å². The summed E-state index contributed by atoms with van der Waals surface area (Å²) >= 11 is 0. The van der Waals surface area contributed by atoms with E-state index in [1.807, 2.05) is 0 Å². The lowest BCUT2D eigenvalue weighted by atomic mass is 10.1. The molecule has 122 valence electrons. The number of hydrogen-bond donors (Lipinski definition) is 2. The summed E-state index contributed by atoms with van der Waals surface area (Å²) in [4.78, 5) is 23.2. The number of rotatable bonds is 8. The zero-order valence-corrected chi connectivity index (χ0v) is 13.4. The lowest BCUT2D eigenvalue weighted by molar-refractivity contribution is -0.143. The second kappa shape index (κ2) is 7.68. The number of amides is 1. The number of carboxylic acid groups (broad SMARTS) is 1. The lowest BCUT2D eigenvalue weighted by Gasteiger charge is -2.21. The van der Waals surface area contributed by atoms with E-state index in [1.165, 1.54) is 27.0 Å². The minimum atomic E-state index is -1.35. The van der Waals surface area contributed by atoms with Crippen LogP contribution < -0.4 is 14.8 Å². The van der Waals surface area contributed by atoms with Crippen LogP contribution in [-0.4, -0.2) is 36.2 Å². The highest BCUT2D eigenvalue weighted by Gasteiger charge is 2.29. The lowest BCUT2D eigenvalue weighted by Crippen LogP contribution is -2.49. The van der Waals surface area contributed by atoms with E-state index < -0.39 is 17.4 Å². The van der Waals surface area contributed by atoms with Gasteiger partial charge in [-0.25, -0.2) is 4.79 Å². The van der Waals surface area contributed by atoms with Gasteiger partial charge in [-0.05, 0) is 38.5 Å². The van der Waals surface area contributed by atoms with Crippen LogP contribution in [0.1, 0.15) is 44.0 Å². The smallest absolute Gasteiger partial charge is 0.328 e. The SMILES string of the molecule is CCCCOc1ccc(C(=O)NC(C)(C)C(=O)O)cc1OC. The largest absolute Gasteiger partial charge is 0.493 e.